The van der Waals surface area contributed by atoms with Gasteiger partial charge in [-0.3, -0.25) is 0 Å². The molecule has 5 heteroatoms. The van der Waals surface area contributed by atoms with Crippen LogP contribution < -0.4 is 0 Å². The van der Waals surface area contributed by atoms with Crippen molar-refractivity contribution in [2.45, 2.75) is 0 Å². The molecule has 0 saturated heterocycles. The molecule has 0 aliphatic heterocycles. The van der Waals surface area contributed by atoms with Crippen LogP contribution in [0.25, 0.3) is 0 Å². The Morgan fingerprint density at radius 3 is 2.09 bits per heavy atom. The number of hydrogen-bond acceptors (Lipinski definition) is 4. The Kier molecular flexibility index (Phi) is 14.9. The van der Waals surface area contributed by atoms with E-state index in [4.69, 9.17) is 10.5 Å². The van der Waals surface area contributed by atoms with Gasteiger partial charge in [0, 0.05) is 29.6 Å². The molecule has 1 rings (SSSR count). The Bertz CT molecular complexity index is 188. The normalized spacial score (nSPS) is 7.18. The summed E-state index contributed by atoms with van der Waals surface area (Å²) in [5, 5.41) is 21.4. The fraction of sp³-hybridized carbons (Fsp3) is 0. The first-order chi connectivity index (χ1) is 4.91. The van der Waals surface area contributed by atoms with Crippen molar-refractivity contribution in [2.75, 3.05) is 0 Å². The van der Waals surface area contributed by atoms with Crippen molar-refractivity contribution in [1.29, 1.82) is 5.26 Å². The number of nitriles is 1. The third kappa shape index (κ3) is 12.8. The van der Waals surface area contributed by atoms with Crippen molar-refractivity contribution in [3.05, 3.63) is 22.9 Å². The maximum absolute atomic E-state index is 7.51. The van der Waals surface area contributed by atoms with Crippen LogP contribution in [0.2, 0.25) is 0 Å². The smallest absolute Gasteiger partial charge is 0.143 e. The predicted molar refractivity (Wildman–Crippen MR) is 46.0 cm³/mol. The number of oxime groups is 1. The van der Waals surface area contributed by atoms with Gasteiger partial charge in [-0.15, -0.1) is 0 Å². The molecule has 0 amide bonds. The molecule has 0 saturated carbocycles. The fourth-order valence-electron chi connectivity index (χ4n) is 0.253. The van der Waals surface area contributed by atoms with Gasteiger partial charge in [-0.05, 0) is 10.8 Å². The first-order valence-electron chi connectivity index (χ1n) is 2.44. The second kappa shape index (κ2) is 12.3. The number of hydrogen-bond donors (Lipinski definition) is 1. The summed E-state index contributed by atoms with van der Waals surface area (Å²) in [6.07, 6.45) is 0.736. The largest absolute Gasteiger partial charge is 0.410 e. The van der Waals surface area contributed by atoms with Crippen molar-refractivity contribution >= 4 is 47.1 Å². The second-order valence-corrected chi connectivity index (χ2v) is 1.98. The second-order valence-electron chi connectivity index (χ2n) is 1.17. The molecule has 11 heavy (non-hydrogen) atoms. The van der Waals surface area contributed by atoms with Crippen molar-refractivity contribution in [2.24, 2.45) is 5.16 Å². The van der Waals surface area contributed by atoms with Crippen LogP contribution in [0.3, 0.4) is 0 Å². The molecule has 1 aromatic heterocycles. The molecule has 1 N–H and O–H groups in total. The molecular weight excluding hydrogens is 171 g/mol. The van der Waals surface area contributed by atoms with Gasteiger partial charge in [0.2, 0.25) is 0 Å². The third-order valence-corrected chi connectivity index (χ3v) is 1.17. The average Bonchev–Trinajstić information content (AvgIpc) is 2.44. The zero-order chi connectivity index (χ0) is 7.66. The summed E-state index contributed by atoms with van der Waals surface area (Å²) in [5.41, 5.74) is 0. The Hall–Kier alpha value is -0.340. The van der Waals surface area contributed by atoms with Crippen molar-refractivity contribution in [3.8, 4) is 6.07 Å². The van der Waals surface area contributed by atoms with Crippen LogP contribution in [0.4, 0.5) is 0 Å². The minimum Gasteiger partial charge on any atom is -0.410 e. The minimum absolute atomic E-state index is 0. The summed E-state index contributed by atoms with van der Waals surface area (Å²) >= 11 is 1.71. The minimum atomic E-state index is 0. The molecule has 0 fully saturated rings. The summed E-state index contributed by atoms with van der Waals surface area (Å²) in [6, 6.07) is 5.51. The first kappa shape index (κ1) is 13.3. The molecule has 1 aromatic rings. The van der Waals surface area contributed by atoms with Crippen molar-refractivity contribution in [3.63, 3.8) is 0 Å². The molecule has 1 radical (unpaired) electrons. The molecular formula is C6H6N2NaOS. The van der Waals surface area contributed by atoms with Gasteiger partial charge >= 0.3 is 0 Å². The standard InChI is InChI=1S/C4H4S.C2H2N2O.Na/c1-2-4-5-3-1;3-1-2-4-5;/h1-4H;2,5H;. The van der Waals surface area contributed by atoms with Gasteiger partial charge in [-0.25, -0.2) is 0 Å². The van der Waals surface area contributed by atoms with E-state index in [2.05, 4.69) is 5.16 Å². The first-order valence-corrected chi connectivity index (χ1v) is 3.38. The van der Waals surface area contributed by atoms with Crippen LogP contribution in [0.5, 0.6) is 0 Å². The number of nitrogens with zero attached hydrogens (tertiary/aromatic N) is 2. The van der Waals surface area contributed by atoms with E-state index in [0.29, 0.717) is 0 Å². The van der Waals surface area contributed by atoms with Crippen LogP contribution in [0.15, 0.2) is 28.0 Å². The van der Waals surface area contributed by atoms with Crippen molar-refractivity contribution < 1.29 is 5.21 Å². The monoisotopic (exact) mass is 177 g/mol. The predicted octanol–water partition coefficient (Wildman–Crippen LogP) is 1.34. The van der Waals surface area contributed by atoms with Gasteiger partial charge in [-0.1, -0.05) is 17.3 Å². The van der Waals surface area contributed by atoms with E-state index in [0.717, 1.165) is 6.21 Å². The molecule has 0 spiro atoms. The third-order valence-electron chi connectivity index (χ3n) is 0.541. The summed E-state index contributed by atoms with van der Waals surface area (Å²) in [7, 11) is 0. The summed E-state index contributed by atoms with van der Waals surface area (Å²) in [5.74, 6) is 0. The number of rotatable bonds is 0. The molecule has 0 aliphatic carbocycles. The molecule has 0 unspecified atom stereocenters. The van der Waals surface area contributed by atoms with Crippen LogP contribution in [0, 0.1) is 11.3 Å². The van der Waals surface area contributed by atoms with E-state index in [1.54, 1.807) is 11.3 Å². The summed E-state index contributed by atoms with van der Waals surface area (Å²) in [4.78, 5) is 0. The van der Waals surface area contributed by atoms with Crippen LogP contribution in [-0.4, -0.2) is 41.0 Å². The van der Waals surface area contributed by atoms with E-state index in [9.17, 15) is 0 Å². The molecule has 0 aliphatic rings. The van der Waals surface area contributed by atoms with E-state index < -0.39 is 0 Å². The molecule has 0 aromatic carbocycles. The number of thiophene rings is 1. The van der Waals surface area contributed by atoms with Gasteiger partial charge in [0.1, 0.15) is 12.3 Å². The van der Waals surface area contributed by atoms with Gasteiger partial charge in [0.05, 0.1) is 0 Å². The van der Waals surface area contributed by atoms with Crippen LogP contribution >= 0.6 is 11.3 Å². The van der Waals surface area contributed by atoms with E-state index in [1.165, 1.54) is 6.07 Å². The molecule has 53 valence electrons. The average molecular weight is 177 g/mol. The molecule has 3 nitrogen and oxygen atoms in total. The molecule has 0 bridgehead atoms. The van der Waals surface area contributed by atoms with E-state index >= 15 is 0 Å². The Morgan fingerprint density at radius 2 is 2.00 bits per heavy atom. The maximum Gasteiger partial charge on any atom is 0.143 e. The van der Waals surface area contributed by atoms with Gasteiger partial charge in [-0.2, -0.15) is 16.6 Å². The van der Waals surface area contributed by atoms with E-state index in [1.807, 2.05) is 22.9 Å². The Balaban J connectivity index is 0. The molecule has 0 atom stereocenters. The zero-order valence-corrected chi connectivity index (χ0v) is 8.95. The van der Waals surface area contributed by atoms with Gasteiger partial charge in [0.25, 0.3) is 0 Å². The van der Waals surface area contributed by atoms with E-state index in [-0.39, 0.29) is 29.6 Å². The maximum atomic E-state index is 7.51. The Morgan fingerprint density at radius 1 is 1.45 bits per heavy atom. The van der Waals surface area contributed by atoms with Crippen LogP contribution in [0.1, 0.15) is 0 Å². The topological polar surface area (TPSA) is 56.4 Å². The van der Waals surface area contributed by atoms with Crippen molar-refractivity contribution in [1.82, 2.24) is 0 Å². The van der Waals surface area contributed by atoms with Gasteiger partial charge < -0.3 is 5.21 Å². The summed E-state index contributed by atoms with van der Waals surface area (Å²) in [6.45, 7) is 0. The van der Waals surface area contributed by atoms with Gasteiger partial charge in [0.15, 0.2) is 0 Å². The Labute approximate surface area is 91.3 Å². The fourth-order valence-corrected chi connectivity index (χ4v) is 0.706. The molecule has 1 heterocycles. The SMILES string of the molecule is N#CC=NO.[Na].c1ccsc1. The summed E-state index contributed by atoms with van der Waals surface area (Å²) < 4.78 is 0. The van der Waals surface area contributed by atoms with Crippen LogP contribution in [-0.2, 0) is 0 Å². The zero-order valence-electron chi connectivity index (χ0n) is 6.14. The quantitative estimate of drug-likeness (QED) is 0.281.